The summed E-state index contributed by atoms with van der Waals surface area (Å²) < 4.78 is 38.1. The second-order valence-corrected chi connectivity index (χ2v) is 9.69. The van der Waals surface area contributed by atoms with Gasteiger partial charge >= 0.3 is 0 Å². The minimum Gasteiger partial charge on any atom is -0.497 e. The van der Waals surface area contributed by atoms with Crippen LogP contribution in [0.3, 0.4) is 0 Å². The number of ether oxygens (including phenoxy) is 2. The van der Waals surface area contributed by atoms with Crippen molar-refractivity contribution in [3.8, 4) is 11.5 Å². The number of hydrogen-bond donors (Lipinski definition) is 1. The monoisotopic (exact) mass is 426 g/mol. The number of hydrogen-bond acceptors (Lipinski definition) is 5. The normalized spacial score (nSPS) is 23.6. The Morgan fingerprint density at radius 3 is 2.48 bits per heavy atom. The lowest BCUT2D eigenvalue weighted by molar-refractivity contribution is -0.921. The minimum absolute atomic E-state index is 0.0886. The molecule has 2 saturated heterocycles. The van der Waals surface area contributed by atoms with E-state index in [2.05, 4.69) is 6.92 Å². The summed E-state index contributed by atoms with van der Waals surface area (Å²) in [5.41, 5.74) is 0. The van der Waals surface area contributed by atoms with E-state index in [1.54, 1.807) is 17.0 Å². The van der Waals surface area contributed by atoms with Crippen molar-refractivity contribution in [2.45, 2.75) is 37.1 Å². The molecule has 1 amide bonds. The molecule has 9 heteroatoms. The molecule has 0 aliphatic carbocycles. The second-order valence-electron chi connectivity index (χ2n) is 7.78. The molecule has 1 N–H and O–H groups in total. The highest BCUT2D eigenvalue weighted by molar-refractivity contribution is 7.89. The number of benzene rings is 1. The number of carbonyl (C=O) groups is 1. The highest BCUT2D eigenvalue weighted by Gasteiger charge is 2.34. The third-order valence-corrected chi connectivity index (χ3v) is 7.96. The first kappa shape index (κ1) is 21.9. The van der Waals surface area contributed by atoms with Crippen LogP contribution in [-0.2, 0) is 14.8 Å². The fourth-order valence-electron chi connectivity index (χ4n) is 4.12. The van der Waals surface area contributed by atoms with Crippen LogP contribution in [0.15, 0.2) is 23.1 Å². The SMILES string of the molecule is COc1ccc(OC)c(S(=O)(=O)N2CCN(C(=O)C[NH+]3CCCC[C@H]3C)CC2)c1. The topological polar surface area (TPSA) is 80.6 Å². The van der Waals surface area contributed by atoms with Crippen LogP contribution in [0, 0.1) is 0 Å². The molecule has 8 nitrogen and oxygen atoms in total. The number of sulfonamides is 1. The molecular weight excluding hydrogens is 394 g/mol. The summed E-state index contributed by atoms with van der Waals surface area (Å²) >= 11 is 0. The molecule has 2 aliphatic rings. The van der Waals surface area contributed by atoms with Crippen molar-refractivity contribution < 1.29 is 27.6 Å². The lowest BCUT2D eigenvalue weighted by Gasteiger charge is -2.36. The first-order valence-corrected chi connectivity index (χ1v) is 11.7. The van der Waals surface area contributed by atoms with Gasteiger partial charge in [0.25, 0.3) is 5.91 Å². The van der Waals surface area contributed by atoms with Gasteiger partial charge < -0.3 is 19.3 Å². The largest absolute Gasteiger partial charge is 0.497 e. The Labute approximate surface area is 173 Å². The molecule has 0 bridgehead atoms. The highest BCUT2D eigenvalue weighted by atomic mass is 32.2. The molecule has 3 rings (SSSR count). The summed E-state index contributed by atoms with van der Waals surface area (Å²) in [6.07, 6.45) is 3.57. The maximum Gasteiger partial charge on any atom is 0.277 e. The maximum atomic E-state index is 13.2. The molecule has 162 valence electrons. The number of nitrogens with zero attached hydrogens (tertiary/aromatic N) is 2. The summed E-state index contributed by atoms with van der Waals surface area (Å²) in [7, 11) is -0.798. The molecule has 0 spiro atoms. The van der Waals surface area contributed by atoms with Gasteiger partial charge in [0.05, 0.1) is 26.8 Å². The van der Waals surface area contributed by atoms with Crippen molar-refractivity contribution in [2.75, 3.05) is 53.5 Å². The van der Waals surface area contributed by atoms with Gasteiger partial charge in [-0.25, -0.2) is 8.42 Å². The van der Waals surface area contributed by atoms with Gasteiger partial charge in [-0.1, -0.05) is 0 Å². The smallest absolute Gasteiger partial charge is 0.277 e. The fraction of sp³-hybridized carbons (Fsp3) is 0.650. The zero-order valence-corrected chi connectivity index (χ0v) is 18.3. The Morgan fingerprint density at radius 1 is 1.14 bits per heavy atom. The predicted octanol–water partition coefficient (Wildman–Crippen LogP) is -0.00600. The van der Waals surface area contributed by atoms with Gasteiger partial charge in [-0.15, -0.1) is 0 Å². The number of nitrogens with one attached hydrogen (secondary N) is 1. The Hall–Kier alpha value is -1.84. The van der Waals surface area contributed by atoms with E-state index in [0.29, 0.717) is 31.4 Å². The van der Waals surface area contributed by atoms with Gasteiger partial charge in [0.1, 0.15) is 16.4 Å². The van der Waals surface area contributed by atoms with Crippen molar-refractivity contribution >= 4 is 15.9 Å². The zero-order valence-electron chi connectivity index (χ0n) is 17.5. The van der Waals surface area contributed by atoms with Crippen molar-refractivity contribution in [1.82, 2.24) is 9.21 Å². The Balaban J connectivity index is 1.64. The first-order valence-electron chi connectivity index (χ1n) is 10.2. The van der Waals surface area contributed by atoms with E-state index in [1.807, 2.05) is 0 Å². The molecule has 0 radical (unpaired) electrons. The van der Waals surface area contributed by atoms with Crippen LogP contribution in [0.5, 0.6) is 11.5 Å². The van der Waals surface area contributed by atoms with Crippen LogP contribution < -0.4 is 14.4 Å². The van der Waals surface area contributed by atoms with E-state index in [-0.39, 0.29) is 29.6 Å². The standard InChI is InChI=1S/C20H31N3O5S/c1-16-6-4-5-9-22(16)15-20(24)21-10-12-23(13-11-21)29(25,26)19-14-17(27-2)7-8-18(19)28-3/h7-8,14,16H,4-6,9-13,15H2,1-3H3/p+1/t16-/m1/s1. The van der Waals surface area contributed by atoms with E-state index in [0.717, 1.165) is 13.0 Å². The van der Waals surface area contributed by atoms with Gasteiger partial charge in [-0.3, -0.25) is 4.79 Å². The van der Waals surface area contributed by atoms with E-state index in [9.17, 15) is 13.2 Å². The van der Waals surface area contributed by atoms with Crippen LogP contribution >= 0.6 is 0 Å². The molecule has 29 heavy (non-hydrogen) atoms. The number of piperazine rings is 1. The fourth-order valence-corrected chi connectivity index (χ4v) is 5.72. The lowest BCUT2D eigenvalue weighted by atomic mass is 10.0. The van der Waals surface area contributed by atoms with E-state index in [4.69, 9.17) is 9.47 Å². The molecule has 2 heterocycles. The number of quaternary nitrogens is 1. The number of amides is 1. The van der Waals surface area contributed by atoms with Crippen LogP contribution in [0.25, 0.3) is 0 Å². The van der Waals surface area contributed by atoms with E-state index < -0.39 is 10.0 Å². The molecule has 0 saturated carbocycles. The minimum atomic E-state index is -3.74. The number of likely N-dealkylation sites (tertiary alicyclic amines) is 1. The van der Waals surface area contributed by atoms with Crippen molar-refractivity contribution in [3.63, 3.8) is 0 Å². The van der Waals surface area contributed by atoms with Gasteiger partial charge in [0.15, 0.2) is 6.54 Å². The quantitative estimate of drug-likeness (QED) is 0.692. The van der Waals surface area contributed by atoms with Crippen molar-refractivity contribution in [1.29, 1.82) is 0 Å². The summed E-state index contributed by atoms with van der Waals surface area (Å²) in [5.74, 6) is 0.855. The summed E-state index contributed by atoms with van der Waals surface area (Å²) in [5, 5.41) is 0. The molecule has 2 aliphatic heterocycles. The Bertz CT molecular complexity index is 821. The predicted molar refractivity (Wildman–Crippen MR) is 109 cm³/mol. The third kappa shape index (κ3) is 4.84. The summed E-state index contributed by atoms with van der Waals surface area (Å²) in [6.45, 7) is 5.11. The van der Waals surface area contributed by atoms with Crippen molar-refractivity contribution in [2.24, 2.45) is 0 Å². The average molecular weight is 427 g/mol. The van der Waals surface area contributed by atoms with Gasteiger partial charge in [0.2, 0.25) is 10.0 Å². The number of carbonyl (C=O) groups excluding carboxylic acids is 1. The van der Waals surface area contributed by atoms with Crippen LogP contribution in [-0.4, -0.2) is 83.1 Å². The number of piperidine rings is 1. The zero-order chi connectivity index (χ0) is 21.0. The second kappa shape index (κ2) is 9.32. The highest BCUT2D eigenvalue weighted by Crippen LogP contribution is 2.31. The summed E-state index contributed by atoms with van der Waals surface area (Å²) in [4.78, 5) is 16.0. The maximum absolute atomic E-state index is 13.2. The molecule has 2 fully saturated rings. The Kier molecular flexibility index (Phi) is 7.02. The van der Waals surface area contributed by atoms with Gasteiger partial charge in [0, 0.05) is 32.2 Å². The third-order valence-electron chi connectivity index (χ3n) is 6.04. The molecule has 0 aromatic heterocycles. The number of rotatable bonds is 6. The van der Waals surface area contributed by atoms with Crippen LogP contribution in [0.4, 0.5) is 0 Å². The van der Waals surface area contributed by atoms with E-state index >= 15 is 0 Å². The molecule has 1 aromatic rings. The van der Waals surface area contributed by atoms with Crippen LogP contribution in [0.1, 0.15) is 26.2 Å². The molecule has 1 aromatic carbocycles. The van der Waals surface area contributed by atoms with Crippen molar-refractivity contribution in [3.05, 3.63) is 18.2 Å². The Morgan fingerprint density at radius 2 is 1.86 bits per heavy atom. The summed E-state index contributed by atoms with van der Waals surface area (Å²) in [6, 6.07) is 5.24. The van der Waals surface area contributed by atoms with E-state index in [1.165, 1.54) is 42.3 Å². The first-order chi connectivity index (χ1) is 13.9. The van der Waals surface area contributed by atoms with Gasteiger partial charge in [-0.05, 0) is 38.3 Å². The average Bonchev–Trinajstić information content (AvgIpc) is 2.74. The molecular formula is C20H32N3O5S+. The molecule has 1 unspecified atom stereocenters. The molecule has 2 atom stereocenters. The van der Waals surface area contributed by atoms with Gasteiger partial charge in [-0.2, -0.15) is 4.31 Å². The number of methoxy groups -OCH3 is 2. The lowest BCUT2D eigenvalue weighted by Crippen LogP contribution is -3.17. The van der Waals surface area contributed by atoms with Crippen LogP contribution in [0.2, 0.25) is 0 Å².